The summed E-state index contributed by atoms with van der Waals surface area (Å²) < 4.78 is 26.0. The van der Waals surface area contributed by atoms with Gasteiger partial charge in [-0.25, -0.2) is 8.42 Å². The Labute approximate surface area is 110 Å². The van der Waals surface area contributed by atoms with Gasteiger partial charge in [-0.2, -0.15) is 0 Å². The van der Waals surface area contributed by atoms with E-state index in [4.69, 9.17) is 0 Å². The second kappa shape index (κ2) is 5.57. The molecule has 0 saturated carbocycles. The standard InChI is InChI=1S/C14H21NO2S/c1-6-18(16,17)15-14-12(10(2)3)8-7-9-13(14)11(4)5/h6-11,15H,1H2,2-5H3. The lowest BCUT2D eigenvalue weighted by Gasteiger charge is -2.19. The molecule has 0 aliphatic heterocycles. The molecule has 0 radical (unpaired) electrons. The topological polar surface area (TPSA) is 46.2 Å². The molecule has 1 aromatic rings. The summed E-state index contributed by atoms with van der Waals surface area (Å²) in [4.78, 5) is 0. The van der Waals surface area contributed by atoms with Crippen molar-refractivity contribution >= 4 is 15.7 Å². The average Bonchev–Trinajstić information content (AvgIpc) is 2.28. The van der Waals surface area contributed by atoms with Crippen molar-refractivity contribution in [2.45, 2.75) is 39.5 Å². The molecule has 1 aromatic carbocycles. The molecule has 18 heavy (non-hydrogen) atoms. The summed E-state index contributed by atoms with van der Waals surface area (Å²) in [6.45, 7) is 11.5. The van der Waals surface area contributed by atoms with E-state index in [-0.39, 0.29) is 11.8 Å². The molecule has 0 aliphatic carbocycles. The van der Waals surface area contributed by atoms with Crippen LogP contribution in [-0.4, -0.2) is 8.42 Å². The molecule has 0 spiro atoms. The first kappa shape index (κ1) is 14.8. The molecule has 0 saturated heterocycles. The molecule has 0 aliphatic rings. The Bertz CT molecular complexity index is 504. The number of nitrogens with one attached hydrogen (secondary N) is 1. The first-order valence-electron chi connectivity index (χ1n) is 6.06. The summed E-state index contributed by atoms with van der Waals surface area (Å²) in [6.07, 6.45) is 0. The van der Waals surface area contributed by atoms with E-state index in [1.165, 1.54) is 0 Å². The smallest absolute Gasteiger partial charge is 0.254 e. The summed E-state index contributed by atoms with van der Waals surface area (Å²) in [7, 11) is -3.47. The molecule has 100 valence electrons. The van der Waals surface area contributed by atoms with Crippen LogP contribution in [0.5, 0.6) is 0 Å². The van der Waals surface area contributed by atoms with Gasteiger partial charge in [-0.1, -0.05) is 52.5 Å². The SMILES string of the molecule is C=CS(=O)(=O)Nc1c(C(C)C)cccc1C(C)C. The first-order chi connectivity index (χ1) is 8.28. The zero-order chi connectivity index (χ0) is 13.9. The van der Waals surface area contributed by atoms with E-state index < -0.39 is 10.0 Å². The van der Waals surface area contributed by atoms with Gasteiger partial charge in [-0.3, -0.25) is 4.72 Å². The molecular formula is C14H21NO2S. The van der Waals surface area contributed by atoms with Gasteiger partial charge < -0.3 is 0 Å². The van der Waals surface area contributed by atoms with E-state index in [9.17, 15) is 8.42 Å². The summed E-state index contributed by atoms with van der Waals surface area (Å²) >= 11 is 0. The van der Waals surface area contributed by atoms with Crippen LogP contribution >= 0.6 is 0 Å². The molecular weight excluding hydrogens is 246 g/mol. The van der Waals surface area contributed by atoms with Gasteiger partial charge in [0.1, 0.15) is 0 Å². The maximum atomic E-state index is 11.7. The van der Waals surface area contributed by atoms with Crippen molar-refractivity contribution in [1.29, 1.82) is 0 Å². The minimum absolute atomic E-state index is 0.256. The van der Waals surface area contributed by atoms with Gasteiger partial charge in [0.15, 0.2) is 0 Å². The summed E-state index contributed by atoms with van der Waals surface area (Å²) in [5.41, 5.74) is 2.71. The Balaban J connectivity index is 3.41. The Morgan fingerprint density at radius 1 is 1.11 bits per heavy atom. The number of anilines is 1. The number of rotatable bonds is 5. The monoisotopic (exact) mass is 267 g/mol. The summed E-state index contributed by atoms with van der Waals surface area (Å²) in [6, 6.07) is 5.88. The molecule has 0 heterocycles. The lowest BCUT2D eigenvalue weighted by atomic mass is 9.93. The van der Waals surface area contributed by atoms with Crippen molar-refractivity contribution in [1.82, 2.24) is 0 Å². The van der Waals surface area contributed by atoms with E-state index in [1.807, 2.05) is 45.9 Å². The minimum atomic E-state index is -3.47. The third kappa shape index (κ3) is 3.35. The Hall–Kier alpha value is -1.29. The minimum Gasteiger partial charge on any atom is -0.280 e. The van der Waals surface area contributed by atoms with E-state index >= 15 is 0 Å². The lowest BCUT2D eigenvalue weighted by molar-refractivity contribution is 0.609. The molecule has 0 unspecified atom stereocenters. The lowest BCUT2D eigenvalue weighted by Crippen LogP contribution is -2.13. The average molecular weight is 267 g/mol. The van der Waals surface area contributed by atoms with Crippen LogP contribution in [0.1, 0.15) is 50.7 Å². The van der Waals surface area contributed by atoms with Crippen LogP contribution in [0.15, 0.2) is 30.2 Å². The Kier molecular flexibility index (Phi) is 4.57. The van der Waals surface area contributed by atoms with E-state index in [0.717, 1.165) is 16.5 Å². The molecule has 1 N–H and O–H groups in total. The Morgan fingerprint density at radius 2 is 1.56 bits per heavy atom. The fourth-order valence-corrected chi connectivity index (χ4v) is 2.46. The van der Waals surface area contributed by atoms with Gasteiger partial charge in [-0.15, -0.1) is 0 Å². The third-order valence-electron chi connectivity index (χ3n) is 2.84. The largest absolute Gasteiger partial charge is 0.280 e. The van der Waals surface area contributed by atoms with Gasteiger partial charge in [0.05, 0.1) is 5.69 Å². The van der Waals surface area contributed by atoms with Gasteiger partial charge >= 0.3 is 0 Å². The van der Waals surface area contributed by atoms with E-state index in [0.29, 0.717) is 5.69 Å². The van der Waals surface area contributed by atoms with Crippen LogP contribution in [0, 0.1) is 0 Å². The van der Waals surface area contributed by atoms with Crippen molar-refractivity contribution in [2.75, 3.05) is 4.72 Å². The molecule has 1 rings (SSSR count). The van der Waals surface area contributed by atoms with Crippen LogP contribution in [0.4, 0.5) is 5.69 Å². The first-order valence-corrected chi connectivity index (χ1v) is 7.61. The van der Waals surface area contributed by atoms with Gasteiger partial charge in [0.25, 0.3) is 10.0 Å². The third-order valence-corrected chi connectivity index (χ3v) is 3.76. The second-order valence-electron chi connectivity index (χ2n) is 4.93. The van der Waals surface area contributed by atoms with Crippen molar-refractivity contribution < 1.29 is 8.42 Å². The molecule has 0 fully saturated rings. The maximum absolute atomic E-state index is 11.7. The predicted octanol–water partition coefficient (Wildman–Crippen LogP) is 3.82. The van der Waals surface area contributed by atoms with Crippen molar-refractivity contribution in [2.24, 2.45) is 0 Å². The van der Waals surface area contributed by atoms with Crippen LogP contribution in [0.25, 0.3) is 0 Å². The van der Waals surface area contributed by atoms with Crippen LogP contribution in [-0.2, 0) is 10.0 Å². The van der Waals surface area contributed by atoms with Crippen molar-refractivity contribution in [3.8, 4) is 0 Å². The van der Waals surface area contributed by atoms with Gasteiger partial charge in [0.2, 0.25) is 0 Å². The molecule has 0 amide bonds. The van der Waals surface area contributed by atoms with E-state index in [1.54, 1.807) is 0 Å². The second-order valence-corrected chi connectivity index (χ2v) is 6.56. The molecule has 3 nitrogen and oxygen atoms in total. The number of sulfonamides is 1. The molecule has 0 bridgehead atoms. The molecule has 0 atom stereocenters. The normalized spacial score (nSPS) is 11.9. The molecule has 0 aromatic heterocycles. The zero-order valence-corrected chi connectivity index (χ0v) is 12.2. The predicted molar refractivity (Wildman–Crippen MR) is 77.4 cm³/mol. The fourth-order valence-electron chi connectivity index (χ4n) is 1.85. The highest BCUT2D eigenvalue weighted by Crippen LogP contribution is 2.33. The number of para-hydroxylation sites is 1. The number of benzene rings is 1. The Morgan fingerprint density at radius 3 is 1.89 bits per heavy atom. The number of hydrogen-bond acceptors (Lipinski definition) is 2. The zero-order valence-electron chi connectivity index (χ0n) is 11.4. The quantitative estimate of drug-likeness (QED) is 0.881. The van der Waals surface area contributed by atoms with Crippen LogP contribution < -0.4 is 4.72 Å². The summed E-state index contributed by atoms with van der Waals surface area (Å²) in [5, 5.41) is 0.939. The van der Waals surface area contributed by atoms with Crippen molar-refractivity contribution in [3.05, 3.63) is 41.3 Å². The highest BCUT2D eigenvalue weighted by Gasteiger charge is 2.16. The van der Waals surface area contributed by atoms with Gasteiger partial charge in [-0.05, 0) is 23.0 Å². The van der Waals surface area contributed by atoms with Gasteiger partial charge in [0, 0.05) is 5.41 Å². The molecule has 4 heteroatoms. The fraction of sp³-hybridized carbons (Fsp3) is 0.429. The maximum Gasteiger partial charge on any atom is 0.254 e. The van der Waals surface area contributed by atoms with Crippen LogP contribution in [0.2, 0.25) is 0 Å². The van der Waals surface area contributed by atoms with Crippen LogP contribution in [0.3, 0.4) is 0 Å². The summed E-state index contributed by atoms with van der Waals surface area (Å²) in [5.74, 6) is 0.512. The number of hydrogen-bond donors (Lipinski definition) is 1. The van der Waals surface area contributed by atoms with E-state index in [2.05, 4.69) is 11.3 Å². The highest BCUT2D eigenvalue weighted by atomic mass is 32.2. The van der Waals surface area contributed by atoms with Crippen molar-refractivity contribution in [3.63, 3.8) is 0 Å². The highest BCUT2D eigenvalue weighted by molar-refractivity contribution is 7.95.